The van der Waals surface area contributed by atoms with Crippen molar-refractivity contribution in [3.63, 3.8) is 0 Å². The number of benzene rings is 1. The first-order valence-corrected chi connectivity index (χ1v) is 13.2. The first kappa shape index (κ1) is 30.4. The molecule has 2 atom stereocenters. The third-order valence-electron chi connectivity index (χ3n) is 5.64. The molecule has 0 spiro atoms. The molecule has 0 aromatic heterocycles. The molecule has 1 aliphatic rings. The van der Waals surface area contributed by atoms with Gasteiger partial charge >= 0.3 is 5.97 Å². The number of amides is 4. The van der Waals surface area contributed by atoms with E-state index in [0.717, 1.165) is 11.3 Å². The summed E-state index contributed by atoms with van der Waals surface area (Å²) in [6.07, 6.45) is 0.307. The number of imide groups is 1. The number of carbonyl (C=O) groups excluding carboxylic acids is 5. The normalized spacial score (nSPS) is 14.9. The van der Waals surface area contributed by atoms with Crippen LogP contribution in [0.4, 0.5) is 5.69 Å². The van der Waals surface area contributed by atoms with Crippen molar-refractivity contribution in [3.8, 4) is 0 Å². The van der Waals surface area contributed by atoms with Crippen LogP contribution in [-0.2, 0) is 35.2 Å². The molecule has 0 saturated carbocycles. The molecule has 37 heavy (non-hydrogen) atoms. The molecule has 12 heteroatoms. The zero-order valence-corrected chi connectivity index (χ0v) is 22.8. The molecule has 1 heterocycles. The van der Waals surface area contributed by atoms with E-state index in [2.05, 4.69) is 10.6 Å². The van der Waals surface area contributed by atoms with Crippen LogP contribution in [0.2, 0.25) is 0 Å². The SMILES string of the molecule is CC(=O)N[C@H](Cc1ccc(N(CCCl)CCCl)cc1)C(=O)N[C@@H](CC(C)C)C(=O)ON1C(=O)CCC1=O. The maximum atomic E-state index is 13.2. The molecular weight excluding hydrogens is 523 g/mol. The number of nitrogens with one attached hydrogen (secondary N) is 2. The molecule has 2 N–H and O–H groups in total. The second kappa shape index (κ2) is 14.8. The Morgan fingerprint density at radius 3 is 2.03 bits per heavy atom. The van der Waals surface area contributed by atoms with Gasteiger partial charge in [-0.3, -0.25) is 19.2 Å². The second-order valence-corrected chi connectivity index (χ2v) is 9.93. The van der Waals surface area contributed by atoms with E-state index < -0.39 is 41.7 Å². The van der Waals surface area contributed by atoms with Gasteiger partial charge in [-0.25, -0.2) is 4.79 Å². The second-order valence-electron chi connectivity index (χ2n) is 9.17. The fourth-order valence-electron chi connectivity index (χ4n) is 3.88. The Morgan fingerprint density at radius 1 is 0.973 bits per heavy atom. The first-order valence-electron chi connectivity index (χ1n) is 12.2. The Bertz CT molecular complexity index is 950. The number of anilines is 1. The minimum absolute atomic E-state index is 0.0153. The zero-order chi connectivity index (χ0) is 27.5. The average Bonchev–Trinajstić information content (AvgIpc) is 3.15. The Balaban J connectivity index is 2.14. The Hall–Kier alpha value is -2.85. The summed E-state index contributed by atoms with van der Waals surface area (Å²) in [5.41, 5.74) is 1.71. The molecule has 0 radical (unpaired) electrons. The van der Waals surface area contributed by atoms with Gasteiger partial charge in [0.2, 0.25) is 11.8 Å². The van der Waals surface area contributed by atoms with Crippen LogP contribution in [0.3, 0.4) is 0 Å². The molecule has 1 aliphatic heterocycles. The average molecular weight is 557 g/mol. The largest absolute Gasteiger partial charge is 0.369 e. The highest BCUT2D eigenvalue weighted by molar-refractivity contribution is 6.18. The van der Waals surface area contributed by atoms with Crippen LogP contribution >= 0.6 is 23.2 Å². The fourth-order valence-corrected chi connectivity index (χ4v) is 4.28. The van der Waals surface area contributed by atoms with Crippen molar-refractivity contribution < 1.29 is 28.8 Å². The third-order valence-corrected chi connectivity index (χ3v) is 5.98. The highest BCUT2D eigenvalue weighted by atomic mass is 35.5. The van der Waals surface area contributed by atoms with Gasteiger partial charge in [0.05, 0.1) is 0 Å². The summed E-state index contributed by atoms with van der Waals surface area (Å²) >= 11 is 11.8. The summed E-state index contributed by atoms with van der Waals surface area (Å²) in [4.78, 5) is 68.5. The van der Waals surface area contributed by atoms with E-state index in [-0.39, 0.29) is 31.6 Å². The summed E-state index contributed by atoms with van der Waals surface area (Å²) in [7, 11) is 0. The topological polar surface area (TPSA) is 125 Å². The monoisotopic (exact) mass is 556 g/mol. The van der Waals surface area contributed by atoms with Gasteiger partial charge in [-0.15, -0.1) is 28.3 Å². The lowest BCUT2D eigenvalue weighted by molar-refractivity contribution is -0.199. The Kier molecular flexibility index (Phi) is 12.1. The number of hydroxylamine groups is 2. The summed E-state index contributed by atoms with van der Waals surface area (Å²) in [5, 5.41) is 5.70. The quantitative estimate of drug-likeness (QED) is 0.265. The lowest BCUT2D eigenvalue weighted by atomic mass is 10.0. The molecular formula is C25H34Cl2N4O6. The molecule has 1 saturated heterocycles. The molecule has 0 bridgehead atoms. The highest BCUT2D eigenvalue weighted by Crippen LogP contribution is 2.18. The lowest BCUT2D eigenvalue weighted by Gasteiger charge is -2.25. The number of hydrogen-bond acceptors (Lipinski definition) is 7. The summed E-state index contributed by atoms with van der Waals surface area (Å²) < 4.78 is 0. The maximum Gasteiger partial charge on any atom is 0.355 e. The molecule has 10 nitrogen and oxygen atoms in total. The van der Waals surface area contributed by atoms with Gasteiger partial charge in [0.1, 0.15) is 12.1 Å². The first-order chi connectivity index (χ1) is 17.5. The van der Waals surface area contributed by atoms with Crippen molar-refractivity contribution in [2.45, 2.75) is 58.5 Å². The molecule has 0 aliphatic carbocycles. The molecule has 1 aromatic rings. The minimum Gasteiger partial charge on any atom is -0.369 e. The molecule has 0 unspecified atom stereocenters. The van der Waals surface area contributed by atoms with Gasteiger partial charge in [0.25, 0.3) is 11.8 Å². The Labute approximate surface area is 226 Å². The number of carbonyl (C=O) groups is 5. The number of hydrogen-bond donors (Lipinski definition) is 2. The van der Waals surface area contributed by atoms with Crippen molar-refractivity contribution in [2.24, 2.45) is 5.92 Å². The van der Waals surface area contributed by atoms with E-state index in [4.69, 9.17) is 28.0 Å². The van der Waals surface area contributed by atoms with E-state index in [1.54, 1.807) is 0 Å². The van der Waals surface area contributed by atoms with Crippen LogP contribution in [0, 0.1) is 5.92 Å². The van der Waals surface area contributed by atoms with Crippen molar-refractivity contribution in [1.82, 2.24) is 15.7 Å². The van der Waals surface area contributed by atoms with Gasteiger partial charge in [-0.2, -0.15) is 0 Å². The smallest absolute Gasteiger partial charge is 0.355 e. The molecule has 4 amide bonds. The number of alkyl halides is 2. The van der Waals surface area contributed by atoms with Gasteiger partial charge in [-0.1, -0.05) is 26.0 Å². The molecule has 1 fully saturated rings. The number of halogens is 2. The van der Waals surface area contributed by atoms with E-state index in [1.807, 2.05) is 43.0 Å². The standard InChI is InChI=1S/C25H34Cl2N4O6/c1-16(2)14-21(25(36)37-31-22(33)8-9-23(31)34)29-24(35)20(28-17(3)32)15-18-4-6-19(7-5-18)30(12-10-26)13-11-27/h4-7,16,20-21H,8-15H2,1-3H3,(H,28,32)(H,29,35)/t20-,21+/m1/s1. The minimum atomic E-state index is -1.12. The van der Waals surface area contributed by atoms with Crippen LogP contribution in [-0.4, -0.2) is 71.6 Å². The molecule has 1 aromatic carbocycles. The van der Waals surface area contributed by atoms with Crippen molar-refractivity contribution >= 4 is 58.5 Å². The third kappa shape index (κ3) is 9.51. The van der Waals surface area contributed by atoms with E-state index >= 15 is 0 Å². The zero-order valence-electron chi connectivity index (χ0n) is 21.3. The van der Waals surface area contributed by atoms with Crippen molar-refractivity contribution in [2.75, 3.05) is 29.7 Å². The van der Waals surface area contributed by atoms with Crippen molar-refractivity contribution in [1.29, 1.82) is 0 Å². The van der Waals surface area contributed by atoms with Gasteiger partial charge in [-0.05, 0) is 30.0 Å². The predicted molar refractivity (Wildman–Crippen MR) is 140 cm³/mol. The van der Waals surface area contributed by atoms with Crippen LogP contribution in [0.25, 0.3) is 0 Å². The number of nitrogens with zero attached hydrogens (tertiary/aromatic N) is 2. The van der Waals surface area contributed by atoms with Gasteiger partial charge < -0.3 is 20.4 Å². The molecule has 2 rings (SSSR count). The van der Waals surface area contributed by atoms with Gasteiger partial charge in [0.15, 0.2) is 0 Å². The van der Waals surface area contributed by atoms with Crippen LogP contribution in [0.5, 0.6) is 0 Å². The lowest BCUT2D eigenvalue weighted by Crippen LogP contribution is -2.53. The van der Waals surface area contributed by atoms with Crippen LogP contribution in [0.1, 0.15) is 45.6 Å². The summed E-state index contributed by atoms with van der Waals surface area (Å²) in [5.74, 6) is -2.26. The van der Waals surface area contributed by atoms with E-state index in [1.165, 1.54) is 6.92 Å². The Morgan fingerprint density at radius 2 is 1.54 bits per heavy atom. The fraction of sp³-hybridized carbons (Fsp3) is 0.560. The summed E-state index contributed by atoms with van der Waals surface area (Å²) in [6, 6.07) is 5.38. The summed E-state index contributed by atoms with van der Waals surface area (Å²) in [6.45, 7) is 6.26. The van der Waals surface area contributed by atoms with Gasteiger partial charge in [0, 0.05) is 56.7 Å². The maximum absolute atomic E-state index is 13.2. The number of rotatable bonds is 14. The van der Waals surface area contributed by atoms with Crippen molar-refractivity contribution in [3.05, 3.63) is 29.8 Å². The highest BCUT2D eigenvalue weighted by Gasteiger charge is 2.36. The predicted octanol–water partition coefficient (Wildman–Crippen LogP) is 2.16. The van der Waals surface area contributed by atoms with E-state index in [9.17, 15) is 24.0 Å². The molecule has 204 valence electrons. The van der Waals surface area contributed by atoms with E-state index in [0.29, 0.717) is 29.9 Å². The van der Waals surface area contributed by atoms with Crippen LogP contribution < -0.4 is 15.5 Å². The van der Waals surface area contributed by atoms with Crippen LogP contribution in [0.15, 0.2) is 24.3 Å².